The van der Waals surface area contributed by atoms with Crippen LogP contribution in [0.3, 0.4) is 0 Å². The summed E-state index contributed by atoms with van der Waals surface area (Å²) >= 11 is 1.70. The lowest BCUT2D eigenvalue weighted by Crippen LogP contribution is -2.21. The Morgan fingerprint density at radius 1 is 1.05 bits per heavy atom. The van der Waals surface area contributed by atoms with Gasteiger partial charge in [-0.3, -0.25) is 0 Å². The Labute approximate surface area is 115 Å². The van der Waals surface area contributed by atoms with E-state index >= 15 is 0 Å². The molecule has 0 bridgehead atoms. The molecule has 0 unspecified atom stereocenters. The van der Waals surface area contributed by atoms with Gasteiger partial charge >= 0.3 is 0 Å². The molecule has 3 nitrogen and oxygen atoms in total. The summed E-state index contributed by atoms with van der Waals surface area (Å²) in [5.41, 5.74) is 14.1. The molecule has 0 aliphatic carbocycles. The summed E-state index contributed by atoms with van der Waals surface area (Å²) in [6, 6.07) is 14.4. The monoisotopic (exact) mass is 267 g/mol. The molecule has 0 amide bonds. The molecule has 0 saturated carbocycles. The van der Waals surface area contributed by atoms with E-state index in [1.807, 2.05) is 12.1 Å². The number of nitrogens with two attached hydrogens (primary N) is 2. The van der Waals surface area contributed by atoms with Crippen molar-refractivity contribution in [3.05, 3.63) is 53.2 Å². The zero-order valence-corrected chi connectivity index (χ0v) is 11.0. The second-order valence-electron chi connectivity index (χ2n) is 4.26. The second kappa shape index (κ2) is 4.74. The fourth-order valence-corrected chi connectivity index (χ4v) is 2.82. The van der Waals surface area contributed by atoms with Crippen LogP contribution in [-0.4, -0.2) is 5.96 Å². The number of hydrogen-bond donors (Lipinski definition) is 2. The molecule has 3 rings (SSSR count). The smallest absolute Gasteiger partial charge is 0.191 e. The van der Waals surface area contributed by atoms with Crippen molar-refractivity contribution >= 4 is 33.8 Å². The summed E-state index contributed by atoms with van der Waals surface area (Å²) < 4.78 is 0. The van der Waals surface area contributed by atoms with Crippen molar-refractivity contribution in [2.45, 2.75) is 0 Å². The summed E-state index contributed by atoms with van der Waals surface area (Å²) in [5, 5.41) is 6.57. The van der Waals surface area contributed by atoms with Crippen LogP contribution in [0.15, 0.2) is 58.2 Å². The minimum Gasteiger partial charge on any atom is -0.370 e. The van der Waals surface area contributed by atoms with Gasteiger partial charge in [0.25, 0.3) is 0 Å². The van der Waals surface area contributed by atoms with Gasteiger partial charge in [0.1, 0.15) is 0 Å². The van der Waals surface area contributed by atoms with Crippen molar-refractivity contribution in [3.63, 3.8) is 0 Å². The highest BCUT2D eigenvalue weighted by molar-refractivity contribution is 7.08. The molecular formula is C15H13N3S. The van der Waals surface area contributed by atoms with Crippen LogP contribution in [0, 0.1) is 0 Å². The van der Waals surface area contributed by atoms with Gasteiger partial charge in [0.05, 0.1) is 5.69 Å². The number of nitrogens with zero attached hydrogens (tertiary/aromatic N) is 1. The van der Waals surface area contributed by atoms with E-state index in [1.54, 1.807) is 11.3 Å². The topological polar surface area (TPSA) is 64.4 Å². The van der Waals surface area contributed by atoms with Gasteiger partial charge in [-0.25, -0.2) is 4.99 Å². The molecule has 1 heterocycles. The molecule has 4 N–H and O–H groups in total. The Balaban J connectivity index is 2.20. The lowest BCUT2D eigenvalue weighted by Gasteiger charge is -2.06. The summed E-state index contributed by atoms with van der Waals surface area (Å²) in [7, 11) is 0. The van der Waals surface area contributed by atoms with E-state index in [0.29, 0.717) is 0 Å². The quantitative estimate of drug-likeness (QED) is 0.551. The van der Waals surface area contributed by atoms with Crippen LogP contribution >= 0.6 is 11.3 Å². The summed E-state index contributed by atoms with van der Waals surface area (Å²) in [4.78, 5) is 4.08. The van der Waals surface area contributed by atoms with E-state index in [0.717, 1.165) is 11.1 Å². The maximum Gasteiger partial charge on any atom is 0.191 e. The second-order valence-corrected chi connectivity index (χ2v) is 5.04. The standard InChI is InChI=1S/C15H13N3S/c16-15(17)18-12-4-5-14-10(8-12)2-1-3-13(14)11-6-7-19-9-11/h1-9H,(H4,16,17,18). The van der Waals surface area contributed by atoms with Gasteiger partial charge in [-0.1, -0.05) is 24.3 Å². The molecule has 0 saturated heterocycles. The van der Waals surface area contributed by atoms with Crippen molar-refractivity contribution in [2.24, 2.45) is 16.5 Å². The van der Waals surface area contributed by atoms with E-state index in [-0.39, 0.29) is 5.96 Å². The van der Waals surface area contributed by atoms with Gasteiger partial charge in [0.2, 0.25) is 0 Å². The maximum atomic E-state index is 5.40. The molecular weight excluding hydrogens is 254 g/mol. The van der Waals surface area contributed by atoms with Crippen LogP contribution in [0.2, 0.25) is 0 Å². The molecule has 0 aliphatic rings. The fourth-order valence-electron chi connectivity index (χ4n) is 2.16. The first-order valence-corrected chi connectivity index (χ1v) is 6.83. The number of rotatable bonds is 2. The number of aliphatic imine (C=N–C) groups is 1. The number of hydrogen-bond acceptors (Lipinski definition) is 2. The van der Waals surface area contributed by atoms with E-state index < -0.39 is 0 Å². The highest BCUT2D eigenvalue weighted by Crippen LogP contribution is 2.31. The van der Waals surface area contributed by atoms with Crippen molar-refractivity contribution in [1.29, 1.82) is 0 Å². The van der Waals surface area contributed by atoms with Crippen molar-refractivity contribution in [3.8, 4) is 11.1 Å². The number of fused-ring (bicyclic) bond motifs is 1. The highest BCUT2D eigenvalue weighted by atomic mass is 32.1. The molecule has 0 atom stereocenters. The lowest BCUT2D eigenvalue weighted by molar-refractivity contribution is 1.43. The third-order valence-electron chi connectivity index (χ3n) is 2.95. The van der Waals surface area contributed by atoms with Crippen LogP contribution in [0.4, 0.5) is 5.69 Å². The Morgan fingerprint density at radius 3 is 2.68 bits per heavy atom. The fraction of sp³-hybridized carbons (Fsp3) is 0. The van der Waals surface area contributed by atoms with Gasteiger partial charge in [-0.2, -0.15) is 11.3 Å². The first-order chi connectivity index (χ1) is 9.24. The molecule has 1 aromatic heterocycles. The largest absolute Gasteiger partial charge is 0.370 e. The van der Waals surface area contributed by atoms with E-state index in [9.17, 15) is 0 Å². The summed E-state index contributed by atoms with van der Waals surface area (Å²) in [5.74, 6) is 0.0772. The minimum atomic E-state index is 0.0772. The van der Waals surface area contributed by atoms with Crippen LogP contribution in [0.5, 0.6) is 0 Å². The molecule has 0 spiro atoms. The molecule has 4 heteroatoms. The van der Waals surface area contributed by atoms with Crippen LogP contribution in [0.1, 0.15) is 0 Å². The molecule has 0 fully saturated rings. The van der Waals surface area contributed by atoms with E-state index in [1.165, 1.54) is 16.5 Å². The minimum absolute atomic E-state index is 0.0772. The first-order valence-electron chi connectivity index (χ1n) is 5.89. The van der Waals surface area contributed by atoms with Crippen molar-refractivity contribution in [2.75, 3.05) is 0 Å². The van der Waals surface area contributed by atoms with E-state index in [2.05, 4.69) is 46.1 Å². The van der Waals surface area contributed by atoms with Gasteiger partial charge in [0.15, 0.2) is 5.96 Å². The van der Waals surface area contributed by atoms with Crippen molar-refractivity contribution in [1.82, 2.24) is 0 Å². The molecule has 0 radical (unpaired) electrons. The number of thiophene rings is 1. The Hall–Kier alpha value is -2.33. The third-order valence-corrected chi connectivity index (χ3v) is 3.64. The van der Waals surface area contributed by atoms with Crippen LogP contribution in [0.25, 0.3) is 21.9 Å². The van der Waals surface area contributed by atoms with Crippen LogP contribution < -0.4 is 11.5 Å². The SMILES string of the molecule is NC(N)=Nc1ccc2c(-c3ccsc3)cccc2c1. The molecule has 0 aliphatic heterocycles. The molecule has 2 aromatic carbocycles. The number of guanidine groups is 1. The van der Waals surface area contributed by atoms with Crippen molar-refractivity contribution < 1.29 is 0 Å². The molecule has 94 valence electrons. The zero-order chi connectivity index (χ0) is 13.2. The average molecular weight is 267 g/mol. The number of benzene rings is 2. The lowest BCUT2D eigenvalue weighted by atomic mass is 10.00. The Kier molecular flexibility index (Phi) is 2.93. The van der Waals surface area contributed by atoms with Gasteiger partial charge in [-0.05, 0) is 50.9 Å². The molecule has 19 heavy (non-hydrogen) atoms. The predicted octanol–water partition coefficient (Wildman–Crippen LogP) is 3.47. The maximum absolute atomic E-state index is 5.40. The van der Waals surface area contributed by atoms with Gasteiger partial charge in [0, 0.05) is 0 Å². The Morgan fingerprint density at radius 2 is 1.95 bits per heavy atom. The predicted molar refractivity (Wildman–Crippen MR) is 82.7 cm³/mol. The van der Waals surface area contributed by atoms with Gasteiger partial charge in [-0.15, -0.1) is 0 Å². The van der Waals surface area contributed by atoms with Crippen LogP contribution in [-0.2, 0) is 0 Å². The third kappa shape index (κ3) is 2.30. The first kappa shape index (κ1) is 11.7. The average Bonchev–Trinajstić information content (AvgIpc) is 2.90. The summed E-state index contributed by atoms with van der Waals surface area (Å²) in [6.07, 6.45) is 0. The highest BCUT2D eigenvalue weighted by Gasteiger charge is 2.04. The Bertz CT molecular complexity index is 741. The summed E-state index contributed by atoms with van der Waals surface area (Å²) in [6.45, 7) is 0. The molecule has 3 aromatic rings. The normalized spacial score (nSPS) is 10.5. The van der Waals surface area contributed by atoms with E-state index in [4.69, 9.17) is 11.5 Å². The zero-order valence-electron chi connectivity index (χ0n) is 10.2. The van der Waals surface area contributed by atoms with Gasteiger partial charge < -0.3 is 11.5 Å².